The van der Waals surface area contributed by atoms with Crippen LogP contribution in [0.4, 0.5) is 0 Å². The van der Waals surface area contributed by atoms with E-state index in [1.54, 1.807) is 12.1 Å². The second-order valence-electron chi connectivity index (χ2n) is 5.69. The highest BCUT2D eigenvalue weighted by atomic mass is 35.5. The van der Waals surface area contributed by atoms with Gasteiger partial charge in [-0.05, 0) is 19.2 Å². The van der Waals surface area contributed by atoms with Gasteiger partial charge >= 0.3 is 5.97 Å². The summed E-state index contributed by atoms with van der Waals surface area (Å²) in [5, 5.41) is 0. The lowest BCUT2D eigenvalue weighted by molar-refractivity contribution is 0.0431. The van der Waals surface area contributed by atoms with E-state index in [4.69, 9.17) is 18.9 Å². The van der Waals surface area contributed by atoms with Gasteiger partial charge in [-0.1, -0.05) is 0 Å². The molecule has 0 radical (unpaired) electrons. The van der Waals surface area contributed by atoms with Gasteiger partial charge in [0.05, 0.1) is 26.9 Å². The molecule has 0 aromatic heterocycles. The maximum Gasteiger partial charge on any atom is 0.338 e. The van der Waals surface area contributed by atoms with Crippen LogP contribution < -0.4 is 14.2 Å². The smallest absolute Gasteiger partial charge is 0.338 e. The zero-order chi connectivity index (χ0) is 17.5. The molecule has 1 fully saturated rings. The number of halogens is 1. The monoisotopic (exact) mass is 374 g/mol. The fourth-order valence-electron chi connectivity index (χ4n) is 2.62. The molecule has 8 heteroatoms. The maximum atomic E-state index is 12.3. The molecule has 0 unspecified atom stereocenters. The summed E-state index contributed by atoms with van der Waals surface area (Å²) in [5.74, 6) is 0.920. The largest absolute Gasteiger partial charge is 0.493 e. The molecular formula is C17H27ClN2O5. The van der Waals surface area contributed by atoms with Crippen LogP contribution in [0.2, 0.25) is 0 Å². The molecule has 1 aromatic carbocycles. The van der Waals surface area contributed by atoms with Crippen molar-refractivity contribution in [3.63, 3.8) is 0 Å². The van der Waals surface area contributed by atoms with Gasteiger partial charge in [-0.3, -0.25) is 4.90 Å². The average molecular weight is 375 g/mol. The quantitative estimate of drug-likeness (QED) is 0.671. The third kappa shape index (κ3) is 5.66. The number of carbonyl (C=O) groups excluding carboxylic acids is 1. The minimum atomic E-state index is -0.400. The number of piperazine rings is 1. The third-order valence-corrected chi connectivity index (χ3v) is 4.14. The summed E-state index contributed by atoms with van der Waals surface area (Å²) in [6.07, 6.45) is 0. The molecular weight excluding hydrogens is 348 g/mol. The van der Waals surface area contributed by atoms with Crippen molar-refractivity contribution in [2.45, 2.75) is 0 Å². The van der Waals surface area contributed by atoms with E-state index in [0.29, 0.717) is 29.4 Å². The van der Waals surface area contributed by atoms with Gasteiger partial charge in [-0.25, -0.2) is 4.79 Å². The lowest BCUT2D eigenvalue weighted by Crippen LogP contribution is -2.45. The Hall–Kier alpha value is -1.70. The zero-order valence-electron chi connectivity index (χ0n) is 15.2. The molecule has 0 amide bonds. The predicted molar refractivity (Wildman–Crippen MR) is 97.6 cm³/mol. The minimum Gasteiger partial charge on any atom is -0.493 e. The average Bonchev–Trinajstić information content (AvgIpc) is 2.61. The maximum absolute atomic E-state index is 12.3. The molecule has 25 heavy (non-hydrogen) atoms. The second-order valence-corrected chi connectivity index (χ2v) is 5.69. The minimum absolute atomic E-state index is 0. The van der Waals surface area contributed by atoms with Crippen molar-refractivity contribution in [3.8, 4) is 17.2 Å². The van der Waals surface area contributed by atoms with Gasteiger partial charge < -0.3 is 23.8 Å². The molecule has 0 bridgehead atoms. The number of ether oxygens (including phenoxy) is 4. The van der Waals surface area contributed by atoms with Crippen molar-refractivity contribution in [3.05, 3.63) is 17.7 Å². The van der Waals surface area contributed by atoms with Crippen LogP contribution in [0.15, 0.2) is 12.1 Å². The van der Waals surface area contributed by atoms with Crippen molar-refractivity contribution in [2.24, 2.45) is 0 Å². The molecule has 142 valence electrons. The number of benzene rings is 1. The Balaban J connectivity index is 0.00000312. The number of hydrogen-bond donors (Lipinski definition) is 0. The molecule has 0 atom stereocenters. The number of esters is 1. The highest BCUT2D eigenvalue weighted by Gasteiger charge is 2.18. The summed E-state index contributed by atoms with van der Waals surface area (Å²) < 4.78 is 21.1. The van der Waals surface area contributed by atoms with Crippen LogP contribution in [-0.2, 0) is 4.74 Å². The Morgan fingerprint density at radius 1 is 1.00 bits per heavy atom. The fraction of sp³-hybridized carbons (Fsp3) is 0.588. The predicted octanol–water partition coefficient (Wildman–Crippen LogP) is 1.54. The topological polar surface area (TPSA) is 60.5 Å². The molecule has 1 aliphatic rings. The van der Waals surface area contributed by atoms with E-state index in [1.165, 1.54) is 21.3 Å². The summed E-state index contributed by atoms with van der Waals surface area (Å²) in [4.78, 5) is 16.9. The van der Waals surface area contributed by atoms with E-state index in [9.17, 15) is 4.79 Å². The number of hydrogen-bond acceptors (Lipinski definition) is 7. The fourth-order valence-corrected chi connectivity index (χ4v) is 2.62. The summed E-state index contributed by atoms with van der Waals surface area (Å²) >= 11 is 0. The highest BCUT2D eigenvalue weighted by Crippen LogP contribution is 2.38. The number of nitrogens with zero attached hydrogens (tertiary/aromatic N) is 2. The normalized spacial score (nSPS) is 15.2. The molecule has 7 nitrogen and oxygen atoms in total. The first kappa shape index (κ1) is 21.3. The SMILES string of the molecule is COc1cc(C(=O)OCCN2CCN(C)CC2)cc(OC)c1OC.Cl. The van der Waals surface area contributed by atoms with E-state index in [1.807, 2.05) is 0 Å². The standard InChI is InChI=1S/C17H26N2O5.ClH/c1-18-5-7-19(8-6-18)9-10-24-17(20)13-11-14(21-2)16(23-4)15(12-13)22-3;/h11-12H,5-10H2,1-4H3;1H. The highest BCUT2D eigenvalue weighted by molar-refractivity contribution is 5.91. The lowest BCUT2D eigenvalue weighted by Gasteiger charge is -2.32. The summed E-state index contributed by atoms with van der Waals surface area (Å²) in [7, 11) is 6.66. The van der Waals surface area contributed by atoms with Crippen molar-refractivity contribution in [1.82, 2.24) is 9.80 Å². The molecule has 0 aliphatic carbocycles. The Kier molecular flexibility index (Phi) is 8.82. The van der Waals surface area contributed by atoms with Crippen LogP contribution in [0.1, 0.15) is 10.4 Å². The van der Waals surface area contributed by atoms with Gasteiger partial charge in [0, 0.05) is 32.7 Å². The Labute approximate surface area is 155 Å². The molecule has 1 saturated heterocycles. The zero-order valence-corrected chi connectivity index (χ0v) is 16.1. The number of methoxy groups -OCH3 is 3. The first-order valence-electron chi connectivity index (χ1n) is 7.97. The molecule has 0 spiro atoms. The van der Waals surface area contributed by atoms with Gasteiger partial charge in [0.15, 0.2) is 11.5 Å². The first-order chi connectivity index (χ1) is 11.6. The molecule has 1 aliphatic heterocycles. The molecule has 1 aromatic rings. The van der Waals surface area contributed by atoms with E-state index < -0.39 is 5.97 Å². The van der Waals surface area contributed by atoms with Crippen molar-refractivity contribution in [1.29, 1.82) is 0 Å². The van der Waals surface area contributed by atoms with Crippen molar-refractivity contribution >= 4 is 18.4 Å². The molecule has 0 N–H and O–H groups in total. The van der Waals surface area contributed by atoms with E-state index >= 15 is 0 Å². The van der Waals surface area contributed by atoms with Crippen LogP contribution in [0, 0.1) is 0 Å². The van der Waals surface area contributed by atoms with Gasteiger partial charge in [-0.15, -0.1) is 12.4 Å². The van der Waals surface area contributed by atoms with Crippen LogP contribution in [0.5, 0.6) is 17.2 Å². The number of likely N-dealkylation sites (N-methyl/N-ethyl adjacent to an activating group) is 1. The summed E-state index contributed by atoms with van der Waals surface area (Å²) in [6, 6.07) is 3.19. The first-order valence-corrected chi connectivity index (χ1v) is 7.97. The summed E-state index contributed by atoms with van der Waals surface area (Å²) in [6.45, 7) is 5.18. The molecule has 2 rings (SSSR count). The Morgan fingerprint density at radius 3 is 2.04 bits per heavy atom. The van der Waals surface area contributed by atoms with E-state index in [2.05, 4.69) is 16.8 Å². The van der Waals surface area contributed by atoms with Crippen LogP contribution in [-0.4, -0.2) is 83.5 Å². The van der Waals surface area contributed by atoms with Crippen LogP contribution >= 0.6 is 12.4 Å². The Bertz CT molecular complexity index is 537. The van der Waals surface area contributed by atoms with E-state index in [0.717, 1.165) is 32.7 Å². The Morgan fingerprint density at radius 2 is 1.56 bits per heavy atom. The lowest BCUT2D eigenvalue weighted by atomic mass is 10.2. The third-order valence-electron chi connectivity index (χ3n) is 4.14. The van der Waals surface area contributed by atoms with Crippen molar-refractivity contribution < 1.29 is 23.7 Å². The number of rotatable bonds is 7. The van der Waals surface area contributed by atoms with Gasteiger partial charge in [0.25, 0.3) is 0 Å². The molecule has 0 saturated carbocycles. The van der Waals surface area contributed by atoms with Crippen molar-refractivity contribution in [2.75, 3.05) is 67.7 Å². The van der Waals surface area contributed by atoms with Gasteiger partial charge in [-0.2, -0.15) is 0 Å². The van der Waals surface area contributed by atoms with Crippen LogP contribution in [0.3, 0.4) is 0 Å². The van der Waals surface area contributed by atoms with E-state index in [-0.39, 0.29) is 12.4 Å². The van der Waals surface area contributed by atoms with Crippen LogP contribution in [0.25, 0.3) is 0 Å². The second kappa shape index (κ2) is 10.3. The molecule has 1 heterocycles. The summed E-state index contributed by atoms with van der Waals surface area (Å²) in [5.41, 5.74) is 0.378. The number of carbonyl (C=O) groups is 1. The van der Waals surface area contributed by atoms with Gasteiger partial charge in [0.2, 0.25) is 5.75 Å². The van der Waals surface area contributed by atoms with Gasteiger partial charge in [0.1, 0.15) is 6.61 Å².